The van der Waals surface area contributed by atoms with E-state index in [4.69, 9.17) is 21.3 Å². The lowest BCUT2D eigenvalue weighted by Crippen LogP contribution is -2.41. The van der Waals surface area contributed by atoms with Crippen molar-refractivity contribution >= 4 is 29.3 Å². The van der Waals surface area contributed by atoms with Gasteiger partial charge in [0.1, 0.15) is 11.4 Å². The number of fused-ring (bicyclic) bond motifs is 1. The third-order valence-corrected chi connectivity index (χ3v) is 6.54. The minimum Gasteiger partial charge on any atom is -0.444 e. The van der Waals surface area contributed by atoms with Crippen LogP contribution in [0, 0.1) is 0 Å². The van der Waals surface area contributed by atoms with Gasteiger partial charge in [-0.1, -0.05) is 37.4 Å². The van der Waals surface area contributed by atoms with Crippen LogP contribution in [-0.2, 0) is 11.3 Å². The molecule has 0 aliphatic carbocycles. The molecular formula is C29H33ClN4O4. The van der Waals surface area contributed by atoms with Crippen molar-refractivity contribution in [2.24, 2.45) is 0 Å². The van der Waals surface area contributed by atoms with E-state index in [1.54, 1.807) is 62.1 Å². The number of hydrogen-bond acceptors (Lipinski definition) is 5. The molecule has 1 aliphatic heterocycles. The molecule has 38 heavy (non-hydrogen) atoms. The highest BCUT2D eigenvalue weighted by atomic mass is 35.5. The summed E-state index contributed by atoms with van der Waals surface area (Å²) in [7, 11) is 0. The Labute approximate surface area is 227 Å². The van der Waals surface area contributed by atoms with Crippen LogP contribution in [0.15, 0.2) is 53.3 Å². The maximum atomic E-state index is 13.6. The first-order chi connectivity index (χ1) is 18.0. The fourth-order valence-corrected chi connectivity index (χ4v) is 4.65. The summed E-state index contributed by atoms with van der Waals surface area (Å²) in [6.45, 7) is 8.07. The number of nitrogens with zero attached hydrogens (tertiary/aromatic N) is 2. The number of halogens is 1. The fourth-order valence-electron chi connectivity index (χ4n) is 4.53. The third kappa shape index (κ3) is 6.61. The molecule has 2 amide bonds. The minimum absolute atomic E-state index is 0.0703. The van der Waals surface area contributed by atoms with Gasteiger partial charge >= 0.3 is 6.09 Å². The average molecular weight is 537 g/mol. The molecule has 1 atom stereocenters. The standard InChI is InChI=1S/C29H33ClN4O4/c1-5-6-8-20-16-34(27(36)19-9-7-10-22(15-19)31-28(37)38-29(2,3)4)17-23-24(20)32-25(33-26(23)35)18-11-13-21(30)14-12-18/h7,9-15,20H,5-6,8,16-17H2,1-4H3,(H,31,37)(H,32,33,35). The summed E-state index contributed by atoms with van der Waals surface area (Å²) in [4.78, 5) is 48.4. The van der Waals surface area contributed by atoms with Crippen LogP contribution in [0.4, 0.5) is 10.5 Å². The number of H-pyrrole nitrogens is 1. The number of anilines is 1. The van der Waals surface area contributed by atoms with Gasteiger partial charge in [-0.3, -0.25) is 14.9 Å². The number of amides is 2. The minimum atomic E-state index is -0.638. The molecule has 9 heteroatoms. The number of unbranched alkanes of at least 4 members (excludes halogenated alkanes) is 1. The topological polar surface area (TPSA) is 104 Å². The molecular weight excluding hydrogens is 504 g/mol. The van der Waals surface area contributed by atoms with E-state index in [9.17, 15) is 14.4 Å². The lowest BCUT2D eigenvalue weighted by molar-refractivity contribution is 0.0634. The molecule has 0 bridgehead atoms. The van der Waals surface area contributed by atoms with Crippen molar-refractivity contribution in [2.45, 2.75) is 65.0 Å². The van der Waals surface area contributed by atoms with Crippen LogP contribution in [0.25, 0.3) is 11.4 Å². The quantitative estimate of drug-likeness (QED) is 0.381. The summed E-state index contributed by atoms with van der Waals surface area (Å²) >= 11 is 6.03. The zero-order valence-corrected chi connectivity index (χ0v) is 22.9. The third-order valence-electron chi connectivity index (χ3n) is 6.29. The number of hydrogen-bond donors (Lipinski definition) is 2. The summed E-state index contributed by atoms with van der Waals surface area (Å²) in [6.07, 6.45) is 2.16. The molecule has 2 aromatic carbocycles. The highest BCUT2D eigenvalue weighted by molar-refractivity contribution is 6.30. The second kappa shape index (κ2) is 11.4. The Morgan fingerprint density at radius 3 is 2.61 bits per heavy atom. The summed E-state index contributed by atoms with van der Waals surface area (Å²) in [5, 5.41) is 3.28. The van der Waals surface area contributed by atoms with Gasteiger partial charge in [0.2, 0.25) is 0 Å². The Morgan fingerprint density at radius 1 is 1.18 bits per heavy atom. The van der Waals surface area contributed by atoms with Crippen LogP contribution in [0.5, 0.6) is 0 Å². The monoisotopic (exact) mass is 536 g/mol. The molecule has 0 spiro atoms. The predicted octanol–water partition coefficient (Wildman–Crippen LogP) is 6.37. The van der Waals surface area contributed by atoms with Crippen LogP contribution >= 0.6 is 11.6 Å². The van der Waals surface area contributed by atoms with Gasteiger partial charge in [-0.2, -0.15) is 0 Å². The number of rotatable bonds is 6. The first-order valence-corrected chi connectivity index (χ1v) is 13.2. The van der Waals surface area contributed by atoms with Crippen molar-refractivity contribution in [3.8, 4) is 11.4 Å². The highest BCUT2D eigenvalue weighted by Gasteiger charge is 2.32. The molecule has 3 aromatic rings. The molecule has 4 rings (SSSR count). The van der Waals surface area contributed by atoms with Gasteiger partial charge in [0.15, 0.2) is 0 Å². The van der Waals surface area contributed by atoms with Gasteiger partial charge < -0.3 is 14.6 Å². The van der Waals surface area contributed by atoms with Crippen LogP contribution in [0.3, 0.4) is 0 Å². The summed E-state index contributed by atoms with van der Waals surface area (Å²) in [5.41, 5.74) is 2.01. The number of benzene rings is 2. The number of carbonyl (C=O) groups is 2. The molecule has 1 aliphatic rings. The molecule has 200 valence electrons. The predicted molar refractivity (Wildman–Crippen MR) is 149 cm³/mol. The van der Waals surface area contributed by atoms with Crippen LogP contribution in [0.2, 0.25) is 5.02 Å². The first kappa shape index (κ1) is 27.4. The van der Waals surface area contributed by atoms with E-state index in [0.717, 1.165) is 30.5 Å². The van der Waals surface area contributed by atoms with Crippen molar-refractivity contribution in [3.05, 3.63) is 80.7 Å². The van der Waals surface area contributed by atoms with Crippen LogP contribution in [-0.4, -0.2) is 39.0 Å². The molecule has 0 radical (unpaired) electrons. The summed E-state index contributed by atoms with van der Waals surface area (Å²) in [6, 6.07) is 13.9. The molecule has 1 aromatic heterocycles. The van der Waals surface area contributed by atoms with Gasteiger partial charge in [0.05, 0.1) is 17.8 Å². The van der Waals surface area contributed by atoms with Crippen molar-refractivity contribution in [1.82, 2.24) is 14.9 Å². The molecule has 0 saturated carbocycles. The Balaban J connectivity index is 1.61. The van der Waals surface area contributed by atoms with E-state index in [1.165, 1.54) is 0 Å². The van der Waals surface area contributed by atoms with Crippen molar-refractivity contribution in [3.63, 3.8) is 0 Å². The van der Waals surface area contributed by atoms with Gasteiger partial charge in [-0.15, -0.1) is 0 Å². The van der Waals surface area contributed by atoms with Gasteiger partial charge in [0.25, 0.3) is 11.5 Å². The molecule has 1 unspecified atom stereocenters. The van der Waals surface area contributed by atoms with Crippen molar-refractivity contribution < 1.29 is 14.3 Å². The van der Waals surface area contributed by atoms with E-state index in [1.807, 2.05) is 12.1 Å². The van der Waals surface area contributed by atoms with E-state index in [2.05, 4.69) is 17.2 Å². The maximum absolute atomic E-state index is 13.6. The van der Waals surface area contributed by atoms with E-state index >= 15 is 0 Å². The van der Waals surface area contributed by atoms with Crippen LogP contribution < -0.4 is 10.9 Å². The zero-order valence-electron chi connectivity index (χ0n) is 22.1. The second-order valence-electron chi connectivity index (χ2n) is 10.5. The largest absolute Gasteiger partial charge is 0.444 e. The van der Waals surface area contributed by atoms with Crippen molar-refractivity contribution in [1.29, 1.82) is 0 Å². The molecule has 0 saturated heterocycles. The lowest BCUT2D eigenvalue weighted by Gasteiger charge is -2.34. The lowest BCUT2D eigenvalue weighted by atomic mass is 9.90. The Hall–Kier alpha value is -3.65. The van der Waals surface area contributed by atoms with Gasteiger partial charge in [0, 0.05) is 34.3 Å². The second-order valence-corrected chi connectivity index (χ2v) is 11.0. The molecule has 2 heterocycles. The fraction of sp³-hybridized carbons (Fsp3) is 0.379. The van der Waals surface area contributed by atoms with Crippen molar-refractivity contribution in [2.75, 3.05) is 11.9 Å². The first-order valence-electron chi connectivity index (χ1n) is 12.8. The maximum Gasteiger partial charge on any atom is 0.412 e. The van der Waals surface area contributed by atoms with Crippen LogP contribution in [0.1, 0.15) is 74.5 Å². The Kier molecular flexibility index (Phi) is 8.21. The highest BCUT2D eigenvalue weighted by Crippen LogP contribution is 2.31. The van der Waals surface area contributed by atoms with E-state index in [-0.39, 0.29) is 23.9 Å². The average Bonchev–Trinajstić information content (AvgIpc) is 2.86. The molecule has 2 N–H and O–H groups in total. The number of aromatic nitrogens is 2. The Bertz CT molecular complexity index is 1380. The zero-order chi connectivity index (χ0) is 27.4. The SMILES string of the molecule is CCCCC1CN(C(=O)c2cccc(NC(=O)OC(C)(C)C)c2)Cc2c1nc(-c1ccc(Cl)cc1)[nH]c2=O. The number of carbonyl (C=O) groups excluding carboxylic acids is 2. The normalized spacial score (nSPS) is 15.1. The summed E-state index contributed by atoms with van der Waals surface area (Å²) in [5.74, 6) is 0.206. The van der Waals surface area contributed by atoms with Gasteiger partial charge in [-0.25, -0.2) is 9.78 Å². The number of nitrogens with one attached hydrogen (secondary N) is 2. The van der Waals surface area contributed by atoms with E-state index in [0.29, 0.717) is 34.2 Å². The summed E-state index contributed by atoms with van der Waals surface area (Å²) < 4.78 is 5.31. The van der Waals surface area contributed by atoms with E-state index < -0.39 is 11.7 Å². The number of ether oxygens (including phenoxy) is 1. The molecule has 8 nitrogen and oxygen atoms in total. The van der Waals surface area contributed by atoms with Gasteiger partial charge in [-0.05, 0) is 69.7 Å². The Morgan fingerprint density at radius 2 is 1.92 bits per heavy atom. The smallest absolute Gasteiger partial charge is 0.412 e. The number of aromatic amines is 1. The molecule has 0 fully saturated rings.